The van der Waals surface area contributed by atoms with E-state index in [9.17, 15) is 4.79 Å². The monoisotopic (exact) mass is 278 g/mol. The summed E-state index contributed by atoms with van der Waals surface area (Å²) in [6.07, 6.45) is -0.200. The fraction of sp³-hybridized carbons (Fsp3) is 0.562. The van der Waals surface area contributed by atoms with Crippen LogP contribution in [0.2, 0.25) is 0 Å². The van der Waals surface area contributed by atoms with E-state index >= 15 is 0 Å². The van der Waals surface area contributed by atoms with Gasteiger partial charge in [0.05, 0.1) is 0 Å². The van der Waals surface area contributed by atoms with Gasteiger partial charge in [0.15, 0.2) is 0 Å². The number of hydrogen-bond acceptors (Lipinski definition) is 3. The standard InChI is InChI=1S/C9H18N2O2.C7H8/c1-9(2,3)13-8(12)11-6-4-10-5-7-11;1-7-5-3-2-4-6-7/h10H,4-7H2,1-3H3;2-6H,1H3. The first kappa shape index (κ1) is 16.5. The van der Waals surface area contributed by atoms with Gasteiger partial charge in [-0.15, -0.1) is 0 Å². The minimum absolute atomic E-state index is 0.200. The van der Waals surface area contributed by atoms with E-state index < -0.39 is 0 Å². The van der Waals surface area contributed by atoms with Gasteiger partial charge in [-0.2, -0.15) is 0 Å². The molecule has 4 nitrogen and oxygen atoms in total. The van der Waals surface area contributed by atoms with E-state index in [1.54, 1.807) is 4.90 Å². The summed E-state index contributed by atoms with van der Waals surface area (Å²) in [5.41, 5.74) is 0.935. The largest absolute Gasteiger partial charge is 0.444 e. The Morgan fingerprint density at radius 2 is 1.70 bits per heavy atom. The first-order chi connectivity index (χ1) is 9.38. The Labute approximate surface area is 122 Å². The molecule has 0 bridgehead atoms. The smallest absolute Gasteiger partial charge is 0.410 e. The highest BCUT2D eigenvalue weighted by Crippen LogP contribution is 2.09. The molecule has 4 heteroatoms. The van der Waals surface area contributed by atoms with Gasteiger partial charge >= 0.3 is 6.09 Å². The van der Waals surface area contributed by atoms with Gasteiger partial charge in [-0.1, -0.05) is 35.9 Å². The number of piperazine rings is 1. The Morgan fingerprint density at radius 1 is 1.15 bits per heavy atom. The molecule has 1 N–H and O–H groups in total. The van der Waals surface area contributed by atoms with Crippen LogP contribution in [0.5, 0.6) is 0 Å². The number of nitrogens with zero attached hydrogens (tertiary/aromatic N) is 1. The number of amides is 1. The van der Waals surface area contributed by atoms with Crippen LogP contribution in [0.15, 0.2) is 30.3 Å². The minimum Gasteiger partial charge on any atom is -0.444 e. The van der Waals surface area contributed by atoms with E-state index in [1.807, 2.05) is 39.0 Å². The van der Waals surface area contributed by atoms with Gasteiger partial charge in [-0.25, -0.2) is 4.79 Å². The van der Waals surface area contributed by atoms with Crippen LogP contribution in [0.4, 0.5) is 4.79 Å². The number of nitrogens with one attached hydrogen (secondary N) is 1. The molecule has 0 radical (unpaired) electrons. The van der Waals surface area contributed by atoms with Crippen molar-refractivity contribution in [2.24, 2.45) is 0 Å². The van der Waals surface area contributed by atoms with E-state index in [1.165, 1.54) is 5.56 Å². The highest BCUT2D eigenvalue weighted by molar-refractivity contribution is 5.68. The second kappa shape index (κ2) is 7.90. The van der Waals surface area contributed by atoms with Gasteiger partial charge in [-0.3, -0.25) is 0 Å². The van der Waals surface area contributed by atoms with Crippen molar-refractivity contribution in [3.05, 3.63) is 35.9 Å². The Morgan fingerprint density at radius 3 is 2.10 bits per heavy atom. The molecule has 1 aromatic carbocycles. The van der Waals surface area contributed by atoms with Crippen LogP contribution < -0.4 is 5.32 Å². The number of aryl methyl sites for hydroxylation is 1. The van der Waals surface area contributed by atoms with Crippen LogP contribution in [0.3, 0.4) is 0 Å². The number of carbonyl (C=O) groups is 1. The Balaban J connectivity index is 0.000000240. The van der Waals surface area contributed by atoms with Crippen LogP contribution in [-0.2, 0) is 4.74 Å². The molecule has 1 saturated heterocycles. The lowest BCUT2D eigenvalue weighted by Gasteiger charge is -2.30. The number of ether oxygens (including phenoxy) is 1. The van der Waals surface area contributed by atoms with Gasteiger partial charge in [0, 0.05) is 26.2 Å². The van der Waals surface area contributed by atoms with Crippen molar-refractivity contribution in [3.63, 3.8) is 0 Å². The summed E-state index contributed by atoms with van der Waals surface area (Å²) in [6.45, 7) is 10.9. The number of carbonyl (C=O) groups excluding carboxylic acids is 1. The minimum atomic E-state index is -0.387. The zero-order valence-electron chi connectivity index (χ0n) is 13.0. The van der Waals surface area contributed by atoms with Crippen molar-refractivity contribution in [1.29, 1.82) is 0 Å². The maximum absolute atomic E-state index is 11.5. The fourth-order valence-corrected chi connectivity index (χ4v) is 1.71. The van der Waals surface area contributed by atoms with E-state index in [4.69, 9.17) is 4.74 Å². The maximum atomic E-state index is 11.5. The molecule has 1 aliphatic heterocycles. The van der Waals surface area contributed by atoms with Gasteiger partial charge in [0.25, 0.3) is 0 Å². The van der Waals surface area contributed by atoms with Crippen molar-refractivity contribution in [2.75, 3.05) is 26.2 Å². The summed E-state index contributed by atoms with van der Waals surface area (Å²) >= 11 is 0. The van der Waals surface area contributed by atoms with Crippen molar-refractivity contribution in [2.45, 2.75) is 33.3 Å². The van der Waals surface area contributed by atoms with Crippen LogP contribution in [0, 0.1) is 6.92 Å². The zero-order chi connectivity index (χ0) is 15.0. The molecule has 1 fully saturated rings. The average Bonchev–Trinajstić information content (AvgIpc) is 2.39. The van der Waals surface area contributed by atoms with E-state index in [-0.39, 0.29) is 11.7 Å². The van der Waals surface area contributed by atoms with Crippen molar-refractivity contribution in [1.82, 2.24) is 10.2 Å². The van der Waals surface area contributed by atoms with Crippen molar-refractivity contribution in [3.8, 4) is 0 Å². The molecular formula is C16H26N2O2. The Kier molecular flexibility index (Phi) is 6.52. The molecular weight excluding hydrogens is 252 g/mol. The molecule has 0 unspecified atom stereocenters. The molecule has 1 aliphatic rings. The van der Waals surface area contributed by atoms with Gasteiger partial charge in [-0.05, 0) is 27.7 Å². The number of benzene rings is 1. The second-order valence-electron chi connectivity index (χ2n) is 5.87. The second-order valence-corrected chi connectivity index (χ2v) is 5.87. The third kappa shape index (κ3) is 7.14. The predicted molar refractivity (Wildman–Crippen MR) is 81.9 cm³/mol. The third-order valence-electron chi connectivity index (χ3n) is 2.71. The highest BCUT2D eigenvalue weighted by atomic mass is 16.6. The maximum Gasteiger partial charge on any atom is 0.410 e. The first-order valence-corrected chi connectivity index (χ1v) is 7.09. The highest BCUT2D eigenvalue weighted by Gasteiger charge is 2.22. The summed E-state index contributed by atoms with van der Waals surface area (Å²) < 4.78 is 5.24. The SMILES string of the molecule is CC(C)(C)OC(=O)N1CCNCC1.Cc1ccccc1. The Bertz CT molecular complexity index is 393. The van der Waals surface area contributed by atoms with Crippen molar-refractivity contribution >= 4 is 6.09 Å². The molecule has 0 saturated carbocycles. The van der Waals surface area contributed by atoms with E-state index in [0.29, 0.717) is 0 Å². The van der Waals surface area contributed by atoms with Crippen LogP contribution in [-0.4, -0.2) is 42.8 Å². The van der Waals surface area contributed by atoms with Crippen LogP contribution in [0.25, 0.3) is 0 Å². The lowest BCUT2D eigenvalue weighted by atomic mass is 10.2. The summed E-state index contributed by atoms with van der Waals surface area (Å²) in [6, 6.07) is 10.3. The average molecular weight is 278 g/mol. The molecule has 0 aliphatic carbocycles. The van der Waals surface area contributed by atoms with Crippen LogP contribution >= 0.6 is 0 Å². The molecule has 20 heavy (non-hydrogen) atoms. The normalized spacial score (nSPS) is 15.1. The van der Waals surface area contributed by atoms with Gasteiger partial charge in [0.1, 0.15) is 5.60 Å². The van der Waals surface area contributed by atoms with Gasteiger partial charge in [0.2, 0.25) is 0 Å². The molecule has 0 spiro atoms. The molecule has 0 aromatic heterocycles. The van der Waals surface area contributed by atoms with Crippen molar-refractivity contribution < 1.29 is 9.53 Å². The lowest BCUT2D eigenvalue weighted by Crippen LogP contribution is -2.48. The summed E-state index contributed by atoms with van der Waals surface area (Å²) in [5, 5.41) is 3.18. The topological polar surface area (TPSA) is 41.6 Å². The van der Waals surface area contributed by atoms with E-state index in [0.717, 1.165) is 26.2 Å². The van der Waals surface area contributed by atoms with Crippen LogP contribution in [0.1, 0.15) is 26.3 Å². The van der Waals surface area contributed by atoms with E-state index in [2.05, 4.69) is 24.4 Å². The molecule has 112 valence electrons. The fourth-order valence-electron chi connectivity index (χ4n) is 1.71. The molecule has 1 amide bonds. The quantitative estimate of drug-likeness (QED) is 0.793. The Hall–Kier alpha value is -1.55. The van der Waals surface area contributed by atoms with Gasteiger partial charge < -0.3 is 15.0 Å². The molecule has 2 rings (SSSR count). The molecule has 0 atom stereocenters. The predicted octanol–water partition coefficient (Wildman–Crippen LogP) is 2.82. The summed E-state index contributed by atoms with van der Waals surface area (Å²) in [5.74, 6) is 0. The number of hydrogen-bond donors (Lipinski definition) is 1. The number of rotatable bonds is 0. The molecule has 1 aromatic rings. The summed E-state index contributed by atoms with van der Waals surface area (Å²) in [7, 11) is 0. The third-order valence-corrected chi connectivity index (χ3v) is 2.71. The molecule has 1 heterocycles. The summed E-state index contributed by atoms with van der Waals surface area (Å²) in [4.78, 5) is 13.2. The first-order valence-electron chi connectivity index (χ1n) is 7.09. The lowest BCUT2D eigenvalue weighted by molar-refractivity contribution is 0.0229. The zero-order valence-corrected chi connectivity index (χ0v) is 13.0.